The number of rotatable bonds is 4. The minimum atomic E-state index is -3.13. The van der Waals surface area contributed by atoms with Gasteiger partial charge in [0.25, 0.3) is 0 Å². The van der Waals surface area contributed by atoms with Gasteiger partial charge in [0.2, 0.25) is 15.9 Å². The van der Waals surface area contributed by atoms with Crippen LogP contribution in [0.5, 0.6) is 5.88 Å². The molecule has 0 unspecified atom stereocenters. The second-order valence-electron chi connectivity index (χ2n) is 4.19. The summed E-state index contributed by atoms with van der Waals surface area (Å²) in [6.45, 7) is 2.64. The third-order valence-electron chi connectivity index (χ3n) is 2.94. The summed E-state index contributed by atoms with van der Waals surface area (Å²) in [5.41, 5.74) is 0. The molecule has 0 bridgehead atoms. The third-order valence-corrected chi connectivity index (χ3v) is 4.79. The maximum atomic E-state index is 11.8. The molecule has 1 aliphatic rings. The van der Waals surface area contributed by atoms with Gasteiger partial charge in [-0.05, 0) is 19.8 Å². The van der Waals surface area contributed by atoms with Crippen molar-refractivity contribution in [2.45, 2.75) is 25.9 Å². The van der Waals surface area contributed by atoms with Crippen LogP contribution in [0.1, 0.15) is 19.8 Å². The van der Waals surface area contributed by atoms with Gasteiger partial charge in [-0.3, -0.25) is 0 Å². The first kappa shape index (κ1) is 13.2. The molecule has 0 spiro atoms. The van der Waals surface area contributed by atoms with Crippen molar-refractivity contribution in [3.8, 4) is 5.88 Å². The summed E-state index contributed by atoms with van der Waals surface area (Å²) in [5, 5.41) is 0. The SMILES string of the molecule is CCS(=O)(=O)N1CCC[C@H](Oc2ccncn2)C1. The lowest BCUT2D eigenvalue weighted by Crippen LogP contribution is -2.44. The van der Waals surface area contributed by atoms with E-state index in [1.165, 1.54) is 10.6 Å². The normalized spacial score (nSPS) is 21.7. The average Bonchev–Trinajstić information content (AvgIpc) is 2.40. The van der Waals surface area contributed by atoms with Crippen molar-refractivity contribution >= 4 is 10.0 Å². The van der Waals surface area contributed by atoms with Crippen molar-refractivity contribution in [3.05, 3.63) is 18.6 Å². The summed E-state index contributed by atoms with van der Waals surface area (Å²) in [4.78, 5) is 7.79. The number of ether oxygens (including phenoxy) is 1. The number of nitrogens with zero attached hydrogens (tertiary/aromatic N) is 3. The predicted octanol–water partition coefficient (Wildman–Crippen LogP) is 0.670. The standard InChI is InChI=1S/C11H17N3O3S/c1-2-18(15,16)14-7-3-4-10(8-14)17-11-5-6-12-9-13-11/h5-6,9-10H,2-4,7-8H2,1H3/t10-/m0/s1. The number of sulfonamides is 1. The fraction of sp³-hybridized carbons (Fsp3) is 0.636. The number of hydrogen-bond acceptors (Lipinski definition) is 5. The van der Waals surface area contributed by atoms with Crippen molar-refractivity contribution in [1.29, 1.82) is 0 Å². The monoisotopic (exact) mass is 271 g/mol. The molecule has 1 fully saturated rings. The molecule has 1 saturated heterocycles. The molecule has 2 heterocycles. The van der Waals surface area contributed by atoms with Gasteiger partial charge in [0, 0.05) is 18.8 Å². The van der Waals surface area contributed by atoms with Crippen molar-refractivity contribution in [1.82, 2.24) is 14.3 Å². The van der Waals surface area contributed by atoms with Crippen LogP contribution in [0.4, 0.5) is 0 Å². The number of hydrogen-bond donors (Lipinski definition) is 0. The van der Waals surface area contributed by atoms with Gasteiger partial charge in [-0.15, -0.1) is 0 Å². The molecule has 0 aromatic carbocycles. The average molecular weight is 271 g/mol. The van der Waals surface area contributed by atoms with E-state index in [-0.39, 0.29) is 11.9 Å². The van der Waals surface area contributed by atoms with E-state index in [0.29, 0.717) is 19.0 Å². The van der Waals surface area contributed by atoms with Crippen LogP contribution < -0.4 is 4.74 Å². The second kappa shape index (κ2) is 5.62. The van der Waals surface area contributed by atoms with Crippen LogP contribution in [0.15, 0.2) is 18.6 Å². The van der Waals surface area contributed by atoms with Gasteiger partial charge in [-0.2, -0.15) is 4.31 Å². The second-order valence-corrected chi connectivity index (χ2v) is 6.45. The van der Waals surface area contributed by atoms with Crippen molar-refractivity contribution in [2.24, 2.45) is 0 Å². The molecule has 0 radical (unpaired) electrons. The smallest absolute Gasteiger partial charge is 0.216 e. The summed E-state index contributed by atoms with van der Waals surface area (Å²) in [6, 6.07) is 1.67. The van der Waals surface area contributed by atoms with Crippen LogP contribution in [-0.2, 0) is 10.0 Å². The summed E-state index contributed by atoms with van der Waals surface area (Å²) >= 11 is 0. The van der Waals surface area contributed by atoms with E-state index < -0.39 is 10.0 Å². The minimum absolute atomic E-state index is 0.130. The van der Waals surface area contributed by atoms with E-state index in [2.05, 4.69) is 9.97 Å². The highest BCUT2D eigenvalue weighted by molar-refractivity contribution is 7.89. The Morgan fingerprint density at radius 2 is 2.39 bits per heavy atom. The summed E-state index contributed by atoms with van der Waals surface area (Å²) in [6.07, 6.45) is 4.55. The van der Waals surface area contributed by atoms with Gasteiger partial charge in [0.15, 0.2) is 0 Å². The quantitative estimate of drug-likeness (QED) is 0.804. The molecular formula is C11H17N3O3S. The highest BCUT2D eigenvalue weighted by Gasteiger charge is 2.28. The summed E-state index contributed by atoms with van der Waals surface area (Å²) in [5.74, 6) is 0.624. The fourth-order valence-corrected chi connectivity index (χ4v) is 3.12. The molecule has 1 aliphatic heterocycles. The molecule has 6 nitrogen and oxygen atoms in total. The Labute approximate surface area is 107 Å². The van der Waals surface area contributed by atoms with Gasteiger partial charge in [0.05, 0.1) is 12.3 Å². The van der Waals surface area contributed by atoms with E-state index in [9.17, 15) is 8.42 Å². The van der Waals surface area contributed by atoms with Gasteiger partial charge in [-0.1, -0.05) is 0 Å². The number of piperidine rings is 1. The fourth-order valence-electron chi connectivity index (χ4n) is 1.96. The minimum Gasteiger partial charge on any atom is -0.473 e. The molecule has 100 valence electrons. The van der Waals surface area contributed by atoms with Gasteiger partial charge in [-0.25, -0.2) is 18.4 Å². The molecule has 0 saturated carbocycles. The lowest BCUT2D eigenvalue weighted by atomic mass is 10.1. The first-order valence-electron chi connectivity index (χ1n) is 6.02. The Balaban J connectivity index is 1.99. The molecule has 0 amide bonds. The summed E-state index contributed by atoms with van der Waals surface area (Å²) in [7, 11) is -3.13. The van der Waals surface area contributed by atoms with Crippen LogP contribution in [0, 0.1) is 0 Å². The highest BCUT2D eigenvalue weighted by Crippen LogP contribution is 2.18. The van der Waals surface area contributed by atoms with Gasteiger partial charge < -0.3 is 4.74 Å². The molecule has 1 atom stereocenters. The Morgan fingerprint density at radius 3 is 3.06 bits per heavy atom. The molecule has 0 N–H and O–H groups in total. The zero-order valence-corrected chi connectivity index (χ0v) is 11.1. The van der Waals surface area contributed by atoms with Crippen LogP contribution in [0.2, 0.25) is 0 Å². The maximum absolute atomic E-state index is 11.8. The maximum Gasteiger partial charge on any atom is 0.216 e. The first-order valence-corrected chi connectivity index (χ1v) is 7.63. The van der Waals surface area contributed by atoms with Crippen molar-refractivity contribution in [2.75, 3.05) is 18.8 Å². The molecule has 2 rings (SSSR count). The predicted molar refractivity (Wildman–Crippen MR) is 66.7 cm³/mol. The molecule has 0 aliphatic carbocycles. The zero-order valence-electron chi connectivity index (χ0n) is 10.3. The van der Waals surface area contributed by atoms with Crippen molar-refractivity contribution < 1.29 is 13.2 Å². The number of aromatic nitrogens is 2. The lowest BCUT2D eigenvalue weighted by Gasteiger charge is -2.31. The molecule has 18 heavy (non-hydrogen) atoms. The zero-order chi connectivity index (χ0) is 13.0. The van der Waals surface area contributed by atoms with Crippen LogP contribution in [0.3, 0.4) is 0 Å². The first-order chi connectivity index (χ1) is 8.62. The molecular weight excluding hydrogens is 254 g/mol. The Morgan fingerprint density at radius 1 is 1.56 bits per heavy atom. The third kappa shape index (κ3) is 3.17. The van der Waals surface area contributed by atoms with Crippen LogP contribution in [-0.4, -0.2) is 47.6 Å². The van der Waals surface area contributed by atoms with Crippen molar-refractivity contribution in [3.63, 3.8) is 0 Å². The molecule has 1 aromatic rings. The van der Waals surface area contributed by atoms with E-state index >= 15 is 0 Å². The van der Waals surface area contributed by atoms with Crippen LogP contribution >= 0.6 is 0 Å². The van der Waals surface area contributed by atoms with E-state index in [1.54, 1.807) is 19.2 Å². The lowest BCUT2D eigenvalue weighted by molar-refractivity contribution is 0.124. The summed E-state index contributed by atoms with van der Waals surface area (Å²) < 4.78 is 30.8. The Bertz CT molecular complexity index is 478. The molecule has 7 heteroatoms. The van der Waals surface area contributed by atoms with E-state index in [0.717, 1.165) is 12.8 Å². The van der Waals surface area contributed by atoms with Crippen LogP contribution in [0.25, 0.3) is 0 Å². The van der Waals surface area contributed by atoms with Gasteiger partial charge in [0.1, 0.15) is 12.4 Å². The topological polar surface area (TPSA) is 72.4 Å². The van der Waals surface area contributed by atoms with Gasteiger partial charge >= 0.3 is 0 Å². The largest absolute Gasteiger partial charge is 0.473 e. The van der Waals surface area contributed by atoms with E-state index in [1.807, 2.05) is 0 Å². The Kier molecular flexibility index (Phi) is 4.13. The highest BCUT2D eigenvalue weighted by atomic mass is 32.2. The van der Waals surface area contributed by atoms with E-state index in [4.69, 9.17) is 4.74 Å². The molecule has 1 aromatic heterocycles. The Hall–Kier alpha value is -1.21.